The molecular weight excluding hydrogens is 146 g/mol. The van der Waals surface area contributed by atoms with Crippen molar-refractivity contribution >= 4 is 5.90 Å². The summed E-state index contributed by atoms with van der Waals surface area (Å²) < 4.78 is 9.25. The monoisotopic (exact) mass is 155 g/mol. The smallest absolute Gasteiger partial charge is 0.229 e. The molecule has 0 aromatic rings. The lowest BCUT2D eigenvalue weighted by molar-refractivity contribution is 0.286. The van der Waals surface area contributed by atoms with Gasteiger partial charge >= 0.3 is 0 Å². The standard InChI is InChI=1S/C6H9N3O2/c1-10-5(8)3-6(11-2)9-4-7/h3H,8H2,1-2H3/b5-3+,9-6?. The first-order chi connectivity index (χ1) is 5.24. The van der Waals surface area contributed by atoms with Gasteiger partial charge in [-0.05, 0) is 0 Å². The molecule has 2 N–H and O–H groups in total. The molecule has 0 bridgehead atoms. The number of methoxy groups -OCH3 is 2. The molecule has 5 heteroatoms. The maximum Gasteiger partial charge on any atom is 0.229 e. The lowest BCUT2D eigenvalue weighted by Crippen LogP contribution is -2.05. The Bertz CT molecular complexity index is 214. The molecule has 0 atom stereocenters. The molecule has 0 radical (unpaired) electrons. The minimum atomic E-state index is 0.117. The quantitative estimate of drug-likeness (QED) is 0.262. The average Bonchev–Trinajstić information content (AvgIpc) is 2.03. The lowest BCUT2D eigenvalue weighted by Gasteiger charge is -1.98. The van der Waals surface area contributed by atoms with E-state index in [2.05, 4.69) is 14.5 Å². The summed E-state index contributed by atoms with van der Waals surface area (Å²) in [5.41, 5.74) is 5.25. The topological polar surface area (TPSA) is 80.6 Å². The number of nitrogens with zero attached hydrogens (tertiary/aromatic N) is 2. The number of hydrogen-bond donors (Lipinski definition) is 1. The van der Waals surface area contributed by atoms with Crippen LogP contribution in [0.25, 0.3) is 0 Å². The number of nitriles is 1. The normalized spacial score (nSPS) is 12.1. The summed E-state index contributed by atoms with van der Waals surface area (Å²) in [7, 11) is 2.79. The van der Waals surface area contributed by atoms with Crippen LogP contribution in [0.3, 0.4) is 0 Å². The van der Waals surface area contributed by atoms with Crippen LogP contribution in [0.5, 0.6) is 0 Å². The van der Waals surface area contributed by atoms with E-state index in [1.165, 1.54) is 20.3 Å². The summed E-state index contributed by atoms with van der Waals surface area (Å²) in [5, 5.41) is 8.12. The van der Waals surface area contributed by atoms with Crippen LogP contribution in [0.1, 0.15) is 0 Å². The number of ether oxygens (including phenoxy) is 2. The first-order valence-electron chi connectivity index (χ1n) is 2.76. The van der Waals surface area contributed by atoms with E-state index >= 15 is 0 Å². The molecular formula is C6H9N3O2. The molecule has 0 aromatic heterocycles. The highest BCUT2D eigenvalue weighted by Crippen LogP contribution is 1.88. The van der Waals surface area contributed by atoms with Gasteiger partial charge in [0.25, 0.3) is 0 Å². The van der Waals surface area contributed by atoms with Crippen molar-refractivity contribution in [2.45, 2.75) is 0 Å². The molecule has 0 fully saturated rings. The molecule has 0 spiro atoms. The summed E-state index contributed by atoms with van der Waals surface area (Å²) in [6.07, 6.45) is 2.86. The maximum absolute atomic E-state index is 8.12. The fourth-order valence-electron chi connectivity index (χ4n) is 0.367. The van der Waals surface area contributed by atoms with Gasteiger partial charge in [-0.15, -0.1) is 4.99 Å². The second kappa shape index (κ2) is 5.11. The van der Waals surface area contributed by atoms with Crippen molar-refractivity contribution < 1.29 is 9.47 Å². The van der Waals surface area contributed by atoms with Gasteiger partial charge < -0.3 is 15.2 Å². The Morgan fingerprint density at radius 3 is 2.55 bits per heavy atom. The molecule has 0 saturated heterocycles. The highest BCUT2D eigenvalue weighted by molar-refractivity contribution is 5.88. The maximum atomic E-state index is 8.12. The second-order valence-corrected chi connectivity index (χ2v) is 1.50. The third-order valence-corrected chi connectivity index (χ3v) is 0.871. The zero-order valence-corrected chi connectivity index (χ0v) is 6.37. The Balaban J connectivity index is 4.32. The number of aliphatic imine (C=N–C) groups is 1. The van der Waals surface area contributed by atoms with Gasteiger partial charge in [-0.25, -0.2) is 0 Å². The van der Waals surface area contributed by atoms with E-state index in [1.54, 1.807) is 6.19 Å². The Labute approximate surface area is 64.7 Å². The van der Waals surface area contributed by atoms with Crippen LogP contribution in [0.2, 0.25) is 0 Å². The summed E-state index contributed by atoms with van der Waals surface area (Å²) in [4.78, 5) is 3.29. The fourth-order valence-corrected chi connectivity index (χ4v) is 0.367. The predicted molar refractivity (Wildman–Crippen MR) is 39.3 cm³/mol. The first kappa shape index (κ1) is 9.30. The molecule has 60 valence electrons. The van der Waals surface area contributed by atoms with Gasteiger partial charge in [-0.2, -0.15) is 5.26 Å². The van der Waals surface area contributed by atoms with Gasteiger partial charge in [-0.3, -0.25) is 0 Å². The van der Waals surface area contributed by atoms with Crippen LogP contribution in [-0.4, -0.2) is 20.1 Å². The molecule has 5 nitrogen and oxygen atoms in total. The third-order valence-electron chi connectivity index (χ3n) is 0.871. The largest absolute Gasteiger partial charge is 0.483 e. The zero-order valence-electron chi connectivity index (χ0n) is 6.37. The third kappa shape index (κ3) is 3.81. The van der Waals surface area contributed by atoms with E-state index in [-0.39, 0.29) is 11.8 Å². The van der Waals surface area contributed by atoms with Gasteiger partial charge in [0.2, 0.25) is 12.1 Å². The summed E-state index contributed by atoms with van der Waals surface area (Å²) in [6, 6.07) is 0. The molecule has 0 rings (SSSR count). The van der Waals surface area contributed by atoms with Crippen LogP contribution in [0.15, 0.2) is 17.0 Å². The molecule has 0 amide bonds. The molecule has 11 heavy (non-hydrogen) atoms. The van der Waals surface area contributed by atoms with Gasteiger partial charge in [0.05, 0.1) is 20.3 Å². The molecule has 0 aromatic carbocycles. The molecule has 0 aliphatic heterocycles. The minimum Gasteiger partial charge on any atom is -0.483 e. The average molecular weight is 155 g/mol. The Morgan fingerprint density at radius 1 is 1.55 bits per heavy atom. The van der Waals surface area contributed by atoms with E-state index in [0.29, 0.717) is 0 Å². The van der Waals surface area contributed by atoms with Gasteiger partial charge in [0.1, 0.15) is 0 Å². The highest BCUT2D eigenvalue weighted by Gasteiger charge is 1.94. The van der Waals surface area contributed by atoms with Crippen molar-refractivity contribution in [3.8, 4) is 6.19 Å². The van der Waals surface area contributed by atoms with Gasteiger partial charge in [0, 0.05) is 0 Å². The number of hydrogen-bond acceptors (Lipinski definition) is 5. The van der Waals surface area contributed by atoms with E-state index in [1.807, 2.05) is 0 Å². The number of nitrogens with two attached hydrogens (primary N) is 1. The second-order valence-electron chi connectivity index (χ2n) is 1.50. The van der Waals surface area contributed by atoms with Crippen LogP contribution < -0.4 is 5.73 Å². The molecule has 0 saturated carbocycles. The molecule has 0 unspecified atom stereocenters. The summed E-state index contributed by atoms with van der Waals surface area (Å²) in [5.74, 6) is 0.257. The van der Waals surface area contributed by atoms with Gasteiger partial charge in [0.15, 0.2) is 5.88 Å². The van der Waals surface area contributed by atoms with Gasteiger partial charge in [-0.1, -0.05) is 0 Å². The lowest BCUT2D eigenvalue weighted by atomic mass is 10.6. The predicted octanol–water partition coefficient (Wildman–Crippen LogP) is -0.0411. The first-order valence-corrected chi connectivity index (χ1v) is 2.76. The van der Waals surface area contributed by atoms with Crippen LogP contribution in [0.4, 0.5) is 0 Å². The van der Waals surface area contributed by atoms with E-state index < -0.39 is 0 Å². The van der Waals surface area contributed by atoms with Crippen molar-refractivity contribution in [3.05, 3.63) is 12.0 Å². The van der Waals surface area contributed by atoms with Crippen molar-refractivity contribution in [2.75, 3.05) is 14.2 Å². The van der Waals surface area contributed by atoms with Crippen LogP contribution >= 0.6 is 0 Å². The Hall–Kier alpha value is -1.70. The van der Waals surface area contributed by atoms with Crippen molar-refractivity contribution in [1.29, 1.82) is 5.26 Å². The highest BCUT2D eigenvalue weighted by atomic mass is 16.5. The van der Waals surface area contributed by atoms with Crippen molar-refractivity contribution in [1.82, 2.24) is 0 Å². The summed E-state index contributed by atoms with van der Waals surface area (Å²) in [6.45, 7) is 0. The van der Waals surface area contributed by atoms with E-state index in [0.717, 1.165) is 0 Å². The number of rotatable bonds is 2. The molecule has 0 aliphatic rings. The van der Waals surface area contributed by atoms with Crippen molar-refractivity contribution in [3.63, 3.8) is 0 Å². The SMILES string of the molecule is COC(/C=C(\N)OC)=NC#N. The minimum absolute atomic E-state index is 0.117. The van der Waals surface area contributed by atoms with Crippen LogP contribution in [0, 0.1) is 11.5 Å². The van der Waals surface area contributed by atoms with E-state index in [9.17, 15) is 0 Å². The van der Waals surface area contributed by atoms with Crippen molar-refractivity contribution in [2.24, 2.45) is 10.7 Å². The summed E-state index contributed by atoms with van der Waals surface area (Å²) >= 11 is 0. The Kier molecular flexibility index (Phi) is 4.32. The zero-order chi connectivity index (χ0) is 8.69. The molecule has 0 aliphatic carbocycles. The Morgan fingerprint density at radius 2 is 2.18 bits per heavy atom. The fraction of sp³-hybridized carbons (Fsp3) is 0.333. The van der Waals surface area contributed by atoms with Crippen LogP contribution in [-0.2, 0) is 9.47 Å². The molecule has 0 heterocycles. The van der Waals surface area contributed by atoms with E-state index in [4.69, 9.17) is 11.0 Å².